The summed E-state index contributed by atoms with van der Waals surface area (Å²) in [6, 6.07) is 0. The lowest BCUT2D eigenvalue weighted by atomic mass is 9.89. The maximum atomic E-state index is 12.4. The maximum absolute atomic E-state index is 12.4. The van der Waals surface area contributed by atoms with Crippen LogP contribution in [0.15, 0.2) is 0 Å². The molecule has 0 aromatic heterocycles. The van der Waals surface area contributed by atoms with Gasteiger partial charge in [-0.3, -0.25) is 9.59 Å². The van der Waals surface area contributed by atoms with Crippen molar-refractivity contribution >= 4 is 11.9 Å². The fraction of sp³-hybridized carbons (Fsp3) is 0.950. The summed E-state index contributed by atoms with van der Waals surface area (Å²) < 4.78 is 1.12. The smallest absolute Gasteiger partial charge is 0.313 e. The maximum Gasteiger partial charge on any atom is 0.313 e. The Kier molecular flexibility index (Phi) is 28.1. The van der Waals surface area contributed by atoms with Gasteiger partial charge in [-0.05, 0) is 25.7 Å². The third-order valence-corrected chi connectivity index (χ3v) is 10.2. The predicted octanol–water partition coefficient (Wildman–Crippen LogP) is 10.7. The van der Waals surface area contributed by atoms with E-state index in [4.69, 9.17) is 0 Å². The standard InChI is InChI=1S/C40H80N2O4/c1-7-9-11-13-15-17-19-21-23-25-27-29-31-33-41(3,4)35-37(39(43)44)38(40(45)46)36-42(5,6)34-32-30-28-26-24-22-20-18-16-14-12-10-8-2/h37-38H,7-36H2,1-6H3/p+2. The highest BCUT2D eigenvalue weighted by atomic mass is 16.4. The van der Waals surface area contributed by atoms with Gasteiger partial charge >= 0.3 is 11.9 Å². The van der Waals surface area contributed by atoms with Crippen LogP contribution >= 0.6 is 0 Å². The van der Waals surface area contributed by atoms with Crippen molar-refractivity contribution in [1.29, 1.82) is 0 Å². The summed E-state index contributed by atoms with van der Waals surface area (Å²) in [6.45, 7) is 7.05. The Labute approximate surface area is 287 Å². The number of carboxylic acids is 2. The molecule has 0 aliphatic rings. The number of hydrogen-bond acceptors (Lipinski definition) is 2. The average Bonchev–Trinajstić information content (AvgIpc) is 2.99. The molecule has 6 nitrogen and oxygen atoms in total. The molecule has 0 aliphatic heterocycles. The first-order chi connectivity index (χ1) is 22.0. The zero-order chi connectivity index (χ0) is 34.5. The van der Waals surface area contributed by atoms with Crippen molar-refractivity contribution in [2.45, 2.75) is 181 Å². The van der Waals surface area contributed by atoms with Crippen LogP contribution in [0.25, 0.3) is 0 Å². The molecule has 0 aliphatic carbocycles. The summed E-state index contributed by atoms with van der Waals surface area (Å²) in [7, 11) is 8.29. The molecular formula is C40H82N2O4+2. The lowest BCUT2D eigenvalue weighted by Gasteiger charge is -2.37. The molecule has 0 saturated heterocycles. The van der Waals surface area contributed by atoms with E-state index in [1.807, 2.05) is 0 Å². The van der Waals surface area contributed by atoms with Gasteiger partial charge in [0.25, 0.3) is 0 Å². The van der Waals surface area contributed by atoms with E-state index in [0.717, 1.165) is 25.9 Å². The number of carbonyl (C=O) groups is 2. The van der Waals surface area contributed by atoms with Crippen molar-refractivity contribution in [3.63, 3.8) is 0 Å². The molecule has 2 N–H and O–H groups in total. The summed E-state index contributed by atoms with van der Waals surface area (Å²) in [5, 5.41) is 20.3. The monoisotopic (exact) mass is 655 g/mol. The summed E-state index contributed by atoms with van der Waals surface area (Å²) in [4.78, 5) is 24.8. The van der Waals surface area contributed by atoms with Crippen molar-refractivity contribution in [1.82, 2.24) is 0 Å². The van der Waals surface area contributed by atoms with Crippen LogP contribution in [0.2, 0.25) is 0 Å². The van der Waals surface area contributed by atoms with Crippen LogP contribution in [0.3, 0.4) is 0 Å². The second-order valence-electron chi connectivity index (χ2n) is 16.1. The fourth-order valence-electron chi connectivity index (χ4n) is 7.12. The highest BCUT2D eigenvalue weighted by Crippen LogP contribution is 2.23. The number of unbranched alkanes of at least 4 members (excludes halogenated alkanes) is 24. The van der Waals surface area contributed by atoms with Crippen LogP contribution in [-0.2, 0) is 9.59 Å². The Morgan fingerprint density at radius 3 is 0.783 bits per heavy atom. The topological polar surface area (TPSA) is 74.6 Å². The van der Waals surface area contributed by atoms with Gasteiger partial charge in [0.15, 0.2) is 0 Å². The average molecular weight is 655 g/mol. The number of rotatable bonds is 35. The molecular weight excluding hydrogens is 572 g/mol. The zero-order valence-corrected chi connectivity index (χ0v) is 32.0. The Morgan fingerprint density at radius 2 is 0.587 bits per heavy atom. The van der Waals surface area contributed by atoms with Crippen LogP contribution < -0.4 is 0 Å². The van der Waals surface area contributed by atoms with E-state index in [1.54, 1.807) is 0 Å². The van der Waals surface area contributed by atoms with E-state index >= 15 is 0 Å². The zero-order valence-electron chi connectivity index (χ0n) is 32.0. The van der Waals surface area contributed by atoms with Gasteiger partial charge in [-0.25, -0.2) is 0 Å². The molecule has 0 bridgehead atoms. The quantitative estimate of drug-likeness (QED) is 0.0527. The Hall–Kier alpha value is -1.14. The van der Waals surface area contributed by atoms with Crippen molar-refractivity contribution in [3.05, 3.63) is 0 Å². The predicted molar refractivity (Wildman–Crippen MR) is 197 cm³/mol. The van der Waals surface area contributed by atoms with Gasteiger partial charge in [0.05, 0.1) is 54.4 Å². The van der Waals surface area contributed by atoms with Crippen LogP contribution in [0.4, 0.5) is 0 Å². The second-order valence-corrected chi connectivity index (χ2v) is 16.1. The van der Waals surface area contributed by atoms with Gasteiger partial charge in [0.2, 0.25) is 0 Å². The fourth-order valence-corrected chi connectivity index (χ4v) is 7.12. The van der Waals surface area contributed by atoms with Crippen LogP contribution in [-0.4, -0.2) is 85.5 Å². The van der Waals surface area contributed by atoms with E-state index in [-0.39, 0.29) is 0 Å². The van der Waals surface area contributed by atoms with E-state index in [2.05, 4.69) is 42.0 Å². The van der Waals surface area contributed by atoms with Crippen molar-refractivity contribution in [3.8, 4) is 0 Å². The number of nitrogens with zero attached hydrogens (tertiary/aromatic N) is 2. The highest BCUT2D eigenvalue weighted by Gasteiger charge is 2.42. The van der Waals surface area contributed by atoms with Crippen LogP contribution in [0, 0.1) is 11.8 Å². The Bertz CT molecular complexity index is 664. The van der Waals surface area contributed by atoms with Gasteiger partial charge in [-0.15, -0.1) is 0 Å². The second kappa shape index (κ2) is 28.8. The van der Waals surface area contributed by atoms with Gasteiger partial charge in [-0.1, -0.05) is 155 Å². The summed E-state index contributed by atoms with van der Waals surface area (Å²) in [5.41, 5.74) is 0. The minimum Gasteiger partial charge on any atom is -0.481 e. The van der Waals surface area contributed by atoms with Gasteiger partial charge in [-0.2, -0.15) is 0 Å². The SMILES string of the molecule is CCCCCCCCCCCCCCC[N+](C)(C)CC(C(=O)O)C(C[N+](C)(C)CCCCCCCCCCCCCCC)C(=O)O. The highest BCUT2D eigenvalue weighted by molar-refractivity contribution is 5.80. The van der Waals surface area contributed by atoms with Gasteiger partial charge in [0.1, 0.15) is 11.8 Å². The normalized spacial score (nSPS) is 13.6. The molecule has 2 unspecified atom stereocenters. The molecule has 6 heteroatoms. The molecule has 0 rings (SSSR count). The molecule has 0 heterocycles. The molecule has 0 fully saturated rings. The van der Waals surface area contributed by atoms with E-state index in [0.29, 0.717) is 22.1 Å². The first kappa shape index (κ1) is 44.9. The lowest BCUT2D eigenvalue weighted by molar-refractivity contribution is -0.900. The Morgan fingerprint density at radius 1 is 0.391 bits per heavy atom. The largest absolute Gasteiger partial charge is 0.481 e. The van der Waals surface area contributed by atoms with Crippen molar-refractivity contribution in [2.24, 2.45) is 11.8 Å². The molecule has 0 radical (unpaired) electrons. The van der Waals surface area contributed by atoms with E-state index in [9.17, 15) is 19.8 Å². The molecule has 0 aromatic carbocycles. The third kappa shape index (κ3) is 26.9. The molecule has 0 amide bonds. The third-order valence-electron chi connectivity index (χ3n) is 10.2. The van der Waals surface area contributed by atoms with E-state index in [1.165, 1.54) is 154 Å². The van der Waals surface area contributed by atoms with E-state index < -0.39 is 23.8 Å². The van der Waals surface area contributed by atoms with Crippen LogP contribution in [0.1, 0.15) is 181 Å². The first-order valence-electron chi connectivity index (χ1n) is 20.1. The molecule has 46 heavy (non-hydrogen) atoms. The summed E-state index contributed by atoms with van der Waals surface area (Å²) >= 11 is 0. The molecule has 2 atom stereocenters. The minimum absolute atomic E-state index is 0.364. The molecule has 0 saturated carbocycles. The lowest BCUT2D eigenvalue weighted by Crippen LogP contribution is -2.53. The minimum atomic E-state index is -0.968. The van der Waals surface area contributed by atoms with Gasteiger partial charge in [0, 0.05) is 0 Å². The number of hydrogen-bond donors (Lipinski definition) is 2. The molecule has 274 valence electrons. The molecule has 0 spiro atoms. The summed E-state index contributed by atoms with van der Waals surface area (Å²) in [6.07, 6.45) is 34.1. The molecule has 0 aromatic rings. The van der Waals surface area contributed by atoms with Crippen molar-refractivity contribution < 1.29 is 28.8 Å². The van der Waals surface area contributed by atoms with Crippen LogP contribution in [0.5, 0.6) is 0 Å². The van der Waals surface area contributed by atoms with Gasteiger partial charge < -0.3 is 19.2 Å². The summed E-state index contributed by atoms with van der Waals surface area (Å²) in [5.74, 6) is -3.69. The first-order valence-corrected chi connectivity index (χ1v) is 20.1. The number of quaternary nitrogens is 2. The van der Waals surface area contributed by atoms with Crippen molar-refractivity contribution in [2.75, 3.05) is 54.4 Å². The number of aliphatic carboxylic acids is 2. The number of carboxylic acid groups (broad SMARTS) is 2. The Balaban J connectivity index is 4.35.